The molecule has 0 saturated carbocycles. The highest BCUT2D eigenvalue weighted by Gasteiger charge is 2.32. The van der Waals surface area contributed by atoms with Gasteiger partial charge in [0, 0.05) is 17.2 Å². The Kier molecular flexibility index (Phi) is 5.15. The van der Waals surface area contributed by atoms with E-state index < -0.39 is 21.7 Å². The summed E-state index contributed by atoms with van der Waals surface area (Å²) >= 11 is 3.17. The van der Waals surface area contributed by atoms with Gasteiger partial charge in [-0.2, -0.15) is 12.7 Å². The molecule has 8 heteroatoms. The van der Waals surface area contributed by atoms with Crippen molar-refractivity contribution in [3.05, 3.63) is 22.8 Å². The summed E-state index contributed by atoms with van der Waals surface area (Å²) < 4.78 is 31.1. The van der Waals surface area contributed by atoms with Gasteiger partial charge in [0.2, 0.25) is 0 Å². The molecule has 0 aromatic carbocycles. The molecule has 0 fully saturated rings. The van der Waals surface area contributed by atoms with E-state index in [0.717, 1.165) is 0 Å². The molecular formula is C12H17BrN2O4S. The summed E-state index contributed by atoms with van der Waals surface area (Å²) in [6.07, 6.45) is 0.432. The van der Waals surface area contributed by atoms with Crippen molar-refractivity contribution in [1.82, 2.24) is 9.29 Å². The number of hydrogen-bond donors (Lipinski definition) is 0. The molecule has 1 aromatic rings. The number of aromatic nitrogens is 1. The van der Waals surface area contributed by atoms with E-state index in [4.69, 9.17) is 4.74 Å². The number of carbonyl (C=O) groups is 1. The smallest absolute Gasteiger partial charge is 0.424 e. The summed E-state index contributed by atoms with van der Waals surface area (Å²) in [6.45, 7) is 6.53. The Morgan fingerprint density at radius 2 is 2.05 bits per heavy atom. The Balaban J connectivity index is 3.14. The third-order valence-corrected chi connectivity index (χ3v) is 4.37. The van der Waals surface area contributed by atoms with Gasteiger partial charge in [-0.1, -0.05) is 15.9 Å². The lowest BCUT2D eigenvalue weighted by molar-refractivity contribution is 0.0397. The van der Waals surface area contributed by atoms with Crippen molar-refractivity contribution in [2.24, 2.45) is 0 Å². The average Bonchev–Trinajstić information content (AvgIpc) is 2.26. The molecule has 0 unspecified atom stereocenters. The SMILES string of the molecule is CCN(C(=O)OC(C)(C)C)S(=O)(=O)c1cc(Br)ccn1. The summed E-state index contributed by atoms with van der Waals surface area (Å²) in [5.74, 6) is 0. The number of amides is 1. The summed E-state index contributed by atoms with van der Waals surface area (Å²) in [7, 11) is -4.03. The van der Waals surface area contributed by atoms with Crippen LogP contribution in [0.15, 0.2) is 27.8 Å². The molecule has 0 atom stereocenters. The number of rotatable bonds is 3. The fraction of sp³-hybridized carbons (Fsp3) is 0.500. The molecule has 1 heterocycles. The number of pyridine rings is 1. The topological polar surface area (TPSA) is 76.6 Å². The number of halogens is 1. The van der Waals surface area contributed by atoms with Crippen LogP contribution in [-0.2, 0) is 14.8 Å². The van der Waals surface area contributed by atoms with Crippen molar-refractivity contribution < 1.29 is 17.9 Å². The van der Waals surface area contributed by atoms with Gasteiger partial charge in [-0.25, -0.2) is 9.78 Å². The maximum Gasteiger partial charge on any atom is 0.424 e. The van der Waals surface area contributed by atoms with Gasteiger partial charge in [-0.3, -0.25) is 0 Å². The van der Waals surface area contributed by atoms with Gasteiger partial charge in [0.15, 0.2) is 5.03 Å². The zero-order valence-electron chi connectivity index (χ0n) is 11.8. The third-order valence-electron chi connectivity index (χ3n) is 2.14. The molecule has 0 spiro atoms. The standard InChI is InChI=1S/C12H17BrN2O4S/c1-5-15(11(16)19-12(2,3)4)20(17,18)10-8-9(13)6-7-14-10/h6-8H,5H2,1-4H3. The van der Waals surface area contributed by atoms with Crippen LogP contribution < -0.4 is 0 Å². The quantitative estimate of drug-likeness (QED) is 0.823. The van der Waals surface area contributed by atoms with Crippen LogP contribution in [0.5, 0.6) is 0 Å². The van der Waals surface area contributed by atoms with E-state index >= 15 is 0 Å². The molecule has 0 saturated heterocycles. The number of sulfonamides is 1. The molecule has 20 heavy (non-hydrogen) atoms. The third kappa shape index (κ3) is 4.17. The Bertz CT molecular complexity index is 596. The van der Waals surface area contributed by atoms with E-state index in [2.05, 4.69) is 20.9 Å². The second kappa shape index (κ2) is 6.09. The van der Waals surface area contributed by atoms with Gasteiger partial charge in [0.1, 0.15) is 5.60 Å². The van der Waals surface area contributed by atoms with Gasteiger partial charge < -0.3 is 4.74 Å². The van der Waals surface area contributed by atoms with Crippen LogP contribution in [0, 0.1) is 0 Å². The van der Waals surface area contributed by atoms with Gasteiger partial charge in [0.25, 0.3) is 10.0 Å². The molecule has 1 rings (SSSR count). The van der Waals surface area contributed by atoms with Crippen LogP contribution in [0.2, 0.25) is 0 Å². The largest absolute Gasteiger partial charge is 0.443 e. The van der Waals surface area contributed by atoms with Crippen molar-refractivity contribution in [1.29, 1.82) is 0 Å². The maximum absolute atomic E-state index is 12.4. The summed E-state index contributed by atoms with van der Waals surface area (Å²) in [5, 5.41) is -0.209. The average molecular weight is 365 g/mol. The highest BCUT2D eigenvalue weighted by atomic mass is 79.9. The van der Waals surface area contributed by atoms with E-state index in [1.807, 2.05) is 0 Å². The zero-order valence-corrected chi connectivity index (χ0v) is 14.2. The lowest BCUT2D eigenvalue weighted by Gasteiger charge is -2.25. The zero-order chi connectivity index (χ0) is 15.6. The van der Waals surface area contributed by atoms with Gasteiger partial charge in [-0.05, 0) is 39.8 Å². The van der Waals surface area contributed by atoms with Gasteiger partial charge >= 0.3 is 6.09 Å². The van der Waals surface area contributed by atoms with E-state index in [-0.39, 0.29) is 11.6 Å². The van der Waals surface area contributed by atoms with Crippen LogP contribution in [0.1, 0.15) is 27.7 Å². The summed E-state index contributed by atoms with van der Waals surface area (Å²) in [4.78, 5) is 15.8. The fourth-order valence-corrected chi connectivity index (χ4v) is 3.11. The minimum Gasteiger partial charge on any atom is -0.443 e. The van der Waals surface area contributed by atoms with E-state index in [9.17, 15) is 13.2 Å². The molecule has 112 valence electrons. The van der Waals surface area contributed by atoms with E-state index in [1.54, 1.807) is 33.8 Å². The number of ether oxygens (including phenoxy) is 1. The number of hydrogen-bond acceptors (Lipinski definition) is 5. The second-order valence-electron chi connectivity index (χ2n) is 4.96. The second-order valence-corrected chi connectivity index (χ2v) is 7.69. The fourth-order valence-electron chi connectivity index (χ4n) is 1.35. The summed E-state index contributed by atoms with van der Waals surface area (Å²) in [5.41, 5.74) is -0.773. The first-order valence-electron chi connectivity index (χ1n) is 5.95. The normalized spacial score (nSPS) is 12.1. The van der Waals surface area contributed by atoms with Crippen LogP contribution in [0.3, 0.4) is 0 Å². The van der Waals surface area contributed by atoms with Crippen molar-refractivity contribution in [3.63, 3.8) is 0 Å². The first kappa shape index (κ1) is 16.9. The van der Waals surface area contributed by atoms with Crippen molar-refractivity contribution in [2.75, 3.05) is 6.54 Å². The highest BCUT2D eigenvalue weighted by Crippen LogP contribution is 2.20. The monoisotopic (exact) mass is 364 g/mol. The molecule has 6 nitrogen and oxygen atoms in total. The lowest BCUT2D eigenvalue weighted by Crippen LogP contribution is -2.40. The Morgan fingerprint density at radius 3 is 2.50 bits per heavy atom. The molecule has 0 aliphatic rings. The first-order chi connectivity index (χ1) is 9.08. The van der Waals surface area contributed by atoms with Crippen molar-refractivity contribution in [2.45, 2.75) is 38.3 Å². The van der Waals surface area contributed by atoms with Crippen LogP contribution >= 0.6 is 15.9 Å². The molecular weight excluding hydrogens is 348 g/mol. The maximum atomic E-state index is 12.4. The number of nitrogens with zero attached hydrogens (tertiary/aromatic N) is 2. The van der Waals surface area contributed by atoms with E-state index in [0.29, 0.717) is 8.78 Å². The molecule has 0 aliphatic carbocycles. The van der Waals surface area contributed by atoms with E-state index in [1.165, 1.54) is 12.3 Å². The predicted molar refractivity (Wildman–Crippen MR) is 77.7 cm³/mol. The molecule has 0 radical (unpaired) electrons. The van der Waals surface area contributed by atoms with Crippen LogP contribution in [0.4, 0.5) is 4.79 Å². The van der Waals surface area contributed by atoms with Crippen molar-refractivity contribution in [3.8, 4) is 0 Å². The molecule has 1 amide bonds. The Labute approximate surface area is 127 Å². The Morgan fingerprint density at radius 1 is 1.45 bits per heavy atom. The first-order valence-corrected chi connectivity index (χ1v) is 8.18. The summed E-state index contributed by atoms with van der Waals surface area (Å²) in [6, 6.07) is 2.94. The van der Waals surface area contributed by atoms with Gasteiger partial charge in [-0.15, -0.1) is 0 Å². The van der Waals surface area contributed by atoms with Crippen molar-refractivity contribution >= 4 is 32.0 Å². The molecule has 0 N–H and O–H groups in total. The molecule has 0 bridgehead atoms. The highest BCUT2D eigenvalue weighted by molar-refractivity contribution is 9.10. The predicted octanol–water partition coefficient (Wildman–Crippen LogP) is 2.79. The molecule has 0 aliphatic heterocycles. The minimum absolute atomic E-state index is 0.0363. The number of carbonyl (C=O) groups excluding carboxylic acids is 1. The lowest BCUT2D eigenvalue weighted by atomic mass is 10.2. The van der Waals surface area contributed by atoms with Crippen LogP contribution in [0.25, 0.3) is 0 Å². The minimum atomic E-state index is -4.03. The molecule has 1 aromatic heterocycles. The van der Waals surface area contributed by atoms with Crippen LogP contribution in [-0.4, -0.2) is 35.9 Å². The Hall–Kier alpha value is -1.15. The van der Waals surface area contributed by atoms with Gasteiger partial charge in [0.05, 0.1) is 0 Å².